The summed E-state index contributed by atoms with van der Waals surface area (Å²) in [7, 11) is 0. The first-order valence-corrected chi connectivity index (χ1v) is 7.03. The molecule has 0 aliphatic rings. The second-order valence-electron chi connectivity index (χ2n) is 5.64. The van der Waals surface area contributed by atoms with Gasteiger partial charge in [-0.1, -0.05) is 19.0 Å². The van der Waals surface area contributed by atoms with Crippen molar-refractivity contribution < 1.29 is 4.52 Å². The van der Waals surface area contributed by atoms with Crippen molar-refractivity contribution >= 4 is 0 Å². The molecule has 1 atom stereocenters. The van der Waals surface area contributed by atoms with Crippen molar-refractivity contribution in [3.8, 4) is 11.4 Å². The van der Waals surface area contributed by atoms with Crippen LogP contribution in [0.2, 0.25) is 0 Å². The fraction of sp³-hybridized carbons (Fsp3) is 0.533. The molecule has 5 nitrogen and oxygen atoms in total. The third-order valence-electron chi connectivity index (χ3n) is 3.35. The van der Waals surface area contributed by atoms with E-state index in [0.717, 1.165) is 24.0 Å². The number of aryl methyl sites for hydroxylation is 1. The lowest BCUT2D eigenvalue weighted by molar-refractivity contribution is 0.332. The molecule has 0 aromatic carbocycles. The lowest BCUT2D eigenvalue weighted by Gasteiger charge is -2.14. The Morgan fingerprint density at radius 2 is 2.15 bits per heavy atom. The van der Waals surface area contributed by atoms with Gasteiger partial charge >= 0.3 is 0 Å². The fourth-order valence-corrected chi connectivity index (χ4v) is 2.32. The minimum atomic E-state index is 0.387. The maximum Gasteiger partial charge on any atom is 0.227 e. The molecule has 5 heteroatoms. The molecule has 0 radical (unpaired) electrons. The maximum atomic E-state index is 5.81. The standard InChI is InChI=1S/C15H22N4O/c1-10(2)6-12(8-16)7-14-18-15(19-20-14)13-9-17-5-4-11(13)3/h4-5,9-10,12H,6-8,16H2,1-3H3. The highest BCUT2D eigenvalue weighted by atomic mass is 16.5. The van der Waals surface area contributed by atoms with Crippen molar-refractivity contribution in [3.63, 3.8) is 0 Å². The minimum Gasteiger partial charge on any atom is -0.339 e. The van der Waals surface area contributed by atoms with Crippen LogP contribution in [-0.2, 0) is 6.42 Å². The summed E-state index contributed by atoms with van der Waals surface area (Å²) in [4.78, 5) is 8.57. The Kier molecular flexibility index (Phi) is 4.84. The van der Waals surface area contributed by atoms with Gasteiger partial charge in [-0.25, -0.2) is 0 Å². The molecule has 0 fully saturated rings. The summed E-state index contributed by atoms with van der Waals surface area (Å²) in [5.74, 6) is 2.26. The summed E-state index contributed by atoms with van der Waals surface area (Å²) in [5, 5.41) is 4.05. The number of pyridine rings is 1. The van der Waals surface area contributed by atoms with Crippen LogP contribution in [0.25, 0.3) is 11.4 Å². The predicted molar refractivity (Wildman–Crippen MR) is 78.0 cm³/mol. The van der Waals surface area contributed by atoms with Gasteiger partial charge in [0.1, 0.15) is 0 Å². The Labute approximate surface area is 119 Å². The molecule has 2 aromatic rings. The van der Waals surface area contributed by atoms with E-state index in [1.54, 1.807) is 12.4 Å². The Hall–Kier alpha value is -1.75. The Bertz CT molecular complexity index is 550. The highest BCUT2D eigenvalue weighted by Gasteiger charge is 2.16. The summed E-state index contributed by atoms with van der Waals surface area (Å²) >= 11 is 0. The molecule has 2 aromatic heterocycles. The molecule has 1 unspecified atom stereocenters. The van der Waals surface area contributed by atoms with E-state index >= 15 is 0 Å². The monoisotopic (exact) mass is 274 g/mol. The Morgan fingerprint density at radius 1 is 1.35 bits per heavy atom. The smallest absolute Gasteiger partial charge is 0.227 e. The molecular weight excluding hydrogens is 252 g/mol. The average Bonchev–Trinajstić information content (AvgIpc) is 2.86. The second-order valence-corrected chi connectivity index (χ2v) is 5.64. The van der Waals surface area contributed by atoms with Crippen LogP contribution in [0.1, 0.15) is 31.7 Å². The zero-order valence-electron chi connectivity index (χ0n) is 12.3. The molecule has 0 amide bonds. The first kappa shape index (κ1) is 14.7. The van der Waals surface area contributed by atoms with Crippen molar-refractivity contribution in [2.24, 2.45) is 17.6 Å². The van der Waals surface area contributed by atoms with Crippen molar-refractivity contribution in [2.45, 2.75) is 33.6 Å². The number of rotatable bonds is 6. The summed E-state index contributed by atoms with van der Waals surface area (Å²) in [6.07, 6.45) is 5.33. The molecule has 108 valence electrons. The van der Waals surface area contributed by atoms with Crippen LogP contribution in [0.3, 0.4) is 0 Å². The summed E-state index contributed by atoms with van der Waals surface area (Å²) in [6.45, 7) is 7.04. The molecule has 0 bridgehead atoms. The van der Waals surface area contributed by atoms with Gasteiger partial charge in [-0.15, -0.1) is 0 Å². The molecule has 0 aliphatic heterocycles. The van der Waals surface area contributed by atoms with Gasteiger partial charge in [0.25, 0.3) is 0 Å². The minimum absolute atomic E-state index is 0.387. The summed E-state index contributed by atoms with van der Waals surface area (Å²) in [5.41, 5.74) is 7.81. The highest BCUT2D eigenvalue weighted by molar-refractivity contribution is 5.57. The first-order chi connectivity index (χ1) is 9.60. The predicted octanol–water partition coefficient (Wildman–Crippen LogP) is 2.60. The van der Waals surface area contributed by atoms with Gasteiger partial charge in [-0.2, -0.15) is 4.98 Å². The van der Waals surface area contributed by atoms with Gasteiger partial charge in [-0.05, 0) is 43.4 Å². The second kappa shape index (κ2) is 6.61. The topological polar surface area (TPSA) is 77.8 Å². The van der Waals surface area contributed by atoms with E-state index < -0.39 is 0 Å². The van der Waals surface area contributed by atoms with E-state index in [1.807, 2.05) is 13.0 Å². The normalized spacial score (nSPS) is 12.8. The number of hydrogen-bond donors (Lipinski definition) is 1. The van der Waals surface area contributed by atoms with Crippen LogP contribution in [0.5, 0.6) is 0 Å². The molecular formula is C15H22N4O. The van der Waals surface area contributed by atoms with Crippen LogP contribution in [0.4, 0.5) is 0 Å². The van der Waals surface area contributed by atoms with Crippen LogP contribution in [0.15, 0.2) is 23.0 Å². The number of aromatic nitrogens is 3. The van der Waals surface area contributed by atoms with E-state index in [4.69, 9.17) is 10.3 Å². The number of nitrogens with zero attached hydrogens (tertiary/aromatic N) is 3. The van der Waals surface area contributed by atoms with Gasteiger partial charge in [0.2, 0.25) is 11.7 Å². The first-order valence-electron chi connectivity index (χ1n) is 7.03. The third-order valence-corrected chi connectivity index (χ3v) is 3.35. The molecule has 0 spiro atoms. The van der Waals surface area contributed by atoms with E-state index in [1.165, 1.54) is 0 Å². The van der Waals surface area contributed by atoms with Gasteiger partial charge in [0, 0.05) is 24.4 Å². The lowest BCUT2D eigenvalue weighted by Crippen LogP contribution is -2.19. The van der Waals surface area contributed by atoms with E-state index in [-0.39, 0.29) is 0 Å². The molecule has 2 N–H and O–H groups in total. The Morgan fingerprint density at radius 3 is 2.80 bits per heavy atom. The molecule has 2 rings (SSSR count). The van der Waals surface area contributed by atoms with Crippen molar-refractivity contribution in [2.75, 3.05) is 6.54 Å². The molecule has 0 saturated carbocycles. The zero-order chi connectivity index (χ0) is 14.5. The van der Waals surface area contributed by atoms with Gasteiger partial charge in [0.15, 0.2) is 0 Å². The van der Waals surface area contributed by atoms with E-state index in [9.17, 15) is 0 Å². The molecule has 20 heavy (non-hydrogen) atoms. The van der Waals surface area contributed by atoms with Crippen molar-refractivity contribution in [3.05, 3.63) is 29.9 Å². The third kappa shape index (κ3) is 3.63. The highest BCUT2D eigenvalue weighted by Crippen LogP contribution is 2.21. The van der Waals surface area contributed by atoms with Gasteiger partial charge in [0.05, 0.1) is 0 Å². The van der Waals surface area contributed by atoms with E-state index in [0.29, 0.717) is 30.1 Å². The van der Waals surface area contributed by atoms with Crippen molar-refractivity contribution in [1.29, 1.82) is 0 Å². The SMILES string of the molecule is Cc1ccncc1-c1noc(CC(CN)CC(C)C)n1. The van der Waals surface area contributed by atoms with Gasteiger partial charge in [-0.3, -0.25) is 4.98 Å². The zero-order valence-corrected chi connectivity index (χ0v) is 12.3. The lowest BCUT2D eigenvalue weighted by atomic mass is 9.94. The largest absolute Gasteiger partial charge is 0.339 e. The maximum absolute atomic E-state index is 5.81. The molecule has 0 aliphatic carbocycles. The van der Waals surface area contributed by atoms with Crippen LogP contribution in [-0.4, -0.2) is 21.7 Å². The van der Waals surface area contributed by atoms with Crippen molar-refractivity contribution in [1.82, 2.24) is 15.1 Å². The van der Waals surface area contributed by atoms with Crippen LogP contribution < -0.4 is 5.73 Å². The average molecular weight is 274 g/mol. The molecule has 2 heterocycles. The van der Waals surface area contributed by atoms with Crippen LogP contribution >= 0.6 is 0 Å². The molecule has 0 saturated heterocycles. The summed E-state index contributed by atoms with van der Waals surface area (Å²) in [6, 6.07) is 1.94. The van der Waals surface area contributed by atoms with E-state index in [2.05, 4.69) is 29.0 Å². The quantitative estimate of drug-likeness (QED) is 0.876. The Balaban J connectivity index is 2.11. The fourth-order valence-electron chi connectivity index (χ4n) is 2.32. The number of hydrogen-bond acceptors (Lipinski definition) is 5. The van der Waals surface area contributed by atoms with Gasteiger partial charge < -0.3 is 10.3 Å². The summed E-state index contributed by atoms with van der Waals surface area (Å²) < 4.78 is 5.34. The number of nitrogens with two attached hydrogens (primary N) is 1. The van der Waals surface area contributed by atoms with Crippen LogP contribution in [0, 0.1) is 18.8 Å².